The van der Waals surface area contributed by atoms with Gasteiger partial charge in [0.05, 0.1) is 0 Å². The molecule has 0 bridgehead atoms. The highest BCUT2D eigenvalue weighted by Gasteiger charge is 2.42. The predicted octanol–water partition coefficient (Wildman–Crippen LogP) is 5.53. The lowest BCUT2D eigenvalue weighted by Crippen LogP contribution is -2.58. The molecule has 202 valence electrons. The Labute approximate surface area is 217 Å². The number of carbonyl (C=O) groups is 3. The average Bonchev–Trinajstić information content (AvgIpc) is 2.68. The molecule has 7 nitrogen and oxygen atoms in total. The minimum atomic E-state index is -0.791. The molecule has 0 spiro atoms. The molecule has 2 atom stereocenters. The average molecular weight is 502 g/mol. The lowest BCUT2D eigenvalue weighted by atomic mass is 9.87. The summed E-state index contributed by atoms with van der Waals surface area (Å²) in [6.45, 7) is 17.3. The summed E-state index contributed by atoms with van der Waals surface area (Å²) in [5, 5.41) is 5.91. The lowest BCUT2D eigenvalue weighted by molar-refractivity contribution is -0.148. The van der Waals surface area contributed by atoms with Gasteiger partial charge >= 0.3 is 6.09 Å². The quantitative estimate of drug-likeness (QED) is 0.466. The summed E-state index contributed by atoms with van der Waals surface area (Å²) >= 11 is 0. The van der Waals surface area contributed by atoms with Crippen LogP contribution in [0.5, 0.6) is 0 Å². The highest BCUT2D eigenvalue weighted by Crippen LogP contribution is 2.34. The molecule has 7 heteroatoms. The van der Waals surface area contributed by atoms with Gasteiger partial charge in [-0.3, -0.25) is 9.59 Å². The minimum Gasteiger partial charge on any atom is -0.444 e. The number of carbonyl (C=O) groups excluding carboxylic acids is 3. The fourth-order valence-corrected chi connectivity index (χ4v) is 4.32. The SMILES string of the molecule is CCc1ccc(C(C(=O)NC(C)(C)C)N(C(=O)C(CC(C)C)NC(=O)OC(C)(C)C)C2CCC2)cc1. The van der Waals surface area contributed by atoms with Crippen LogP contribution in [0.1, 0.15) is 105 Å². The Morgan fingerprint density at radius 3 is 2.03 bits per heavy atom. The second-order valence-corrected chi connectivity index (χ2v) is 12.4. The van der Waals surface area contributed by atoms with Crippen LogP contribution in [0.25, 0.3) is 0 Å². The van der Waals surface area contributed by atoms with Crippen molar-refractivity contribution in [2.24, 2.45) is 5.92 Å². The Morgan fingerprint density at radius 1 is 1.03 bits per heavy atom. The van der Waals surface area contributed by atoms with E-state index in [1.54, 1.807) is 25.7 Å². The number of amides is 3. The number of benzene rings is 1. The number of nitrogens with one attached hydrogen (secondary N) is 2. The highest BCUT2D eigenvalue weighted by atomic mass is 16.6. The maximum Gasteiger partial charge on any atom is 0.408 e. The molecule has 1 aliphatic carbocycles. The summed E-state index contributed by atoms with van der Waals surface area (Å²) in [7, 11) is 0. The molecule has 36 heavy (non-hydrogen) atoms. The molecule has 3 amide bonds. The van der Waals surface area contributed by atoms with E-state index in [2.05, 4.69) is 17.6 Å². The Kier molecular flexibility index (Phi) is 9.98. The molecule has 2 N–H and O–H groups in total. The van der Waals surface area contributed by atoms with Gasteiger partial charge in [-0.25, -0.2) is 4.79 Å². The van der Waals surface area contributed by atoms with E-state index in [4.69, 9.17) is 4.74 Å². The van der Waals surface area contributed by atoms with Gasteiger partial charge in [0.1, 0.15) is 17.7 Å². The molecule has 0 aliphatic heterocycles. The van der Waals surface area contributed by atoms with Crippen molar-refractivity contribution in [2.45, 2.75) is 124 Å². The number of hydrogen-bond donors (Lipinski definition) is 2. The summed E-state index contributed by atoms with van der Waals surface area (Å²) < 4.78 is 5.46. The Hall–Kier alpha value is -2.57. The monoisotopic (exact) mass is 501 g/mol. The van der Waals surface area contributed by atoms with Crippen LogP contribution in [0, 0.1) is 5.92 Å². The van der Waals surface area contributed by atoms with E-state index in [1.165, 1.54) is 5.56 Å². The van der Waals surface area contributed by atoms with E-state index in [0.29, 0.717) is 6.42 Å². The number of hydrogen-bond acceptors (Lipinski definition) is 4. The summed E-state index contributed by atoms with van der Waals surface area (Å²) in [6.07, 6.45) is 3.38. The van der Waals surface area contributed by atoms with E-state index in [0.717, 1.165) is 31.2 Å². The van der Waals surface area contributed by atoms with Crippen molar-refractivity contribution in [3.8, 4) is 0 Å². The van der Waals surface area contributed by atoms with Crippen molar-refractivity contribution in [3.05, 3.63) is 35.4 Å². The molecule has 0 heterocycles. The predicted molar refractivity (Wildman–Crippen MR) is 144 cm³/mol. The zero-order valence-corrected chi connectivity index (χ0v) is 23.7. The van der Waals surface area contributed by atoms with Gasteiger partial charge in [0.15, 0.2) is 0 Å². The number of rotatable bonds is 9. The molecule has 0 aromatic heterocycles. The van der Waals surface area contributed by atoms with Crippen molar-refractivity contribution >= 4 is 17.9 Å². The summed E-state index contributed by atoms with van der Waals surface area (Å²) in [5.74, 6) is -0.303. The molecule has 2 unspecified atom stereocenters. The molecule has 2 rings (SSSR count). The first-order valence-electron chi connectivity index (χ1n) is 13.3. The summed E-state index contributed by atoms with van der Waals surface area (Å²) in [4.78, 5) is 42.4. The first-order chi connectivity index (χ1) is 16.6. The second-order valence-electron chi connectivity index (χ2n) is 12.4. The fourth-order valence-electron chi connectivity index (χ4n) is 4.32. The number of ether oxygens (including phenoxy) is 1. The van der Waals surface area contributed by atoms with Gasteiger partial charge in [0.2, 0.25) is 11.8 Å². The normalized spacial score (nSPS) is 16.1. The van der Waals surface area contributed by atoms with E-state index in [1.807, 2.05) is 58.9 Å². The molecule has 1 aromatic carbocycles. The van der Waals surface area contributed by atoms with Crippen LogP contribution in [-0.2, 0) is 20.7 Å². The van der Waals surface area contributed by atoms with Crippen molar-refractivity contribution in [1.82, 2.24) is 15.5 Å². The van der Waals surface area contributed by atoms with Gasteiger partial charge in [-0.2, -0.15) is 0 Å². The summed E-state index contributed by atoms with van der Waals surface area (Å²) in [5.41, 5.74) is 0.799. The first kappa shape index (κ1) is 29.7. The van der Waals surface area contributed by atoms with Crippen molar-refractivity contribution in [3.63, 3.8) is 0 Å². The van der Waals surface area contributed by atoms with Crippen LogP contribution in [0.3, 0.4) is 0 Å². The Bertz CT molecular complexity index is 893. The molecule has 1 aromatic rings. The number of aryl methyl sites for hydroxylation is 1. The highest BCUT2D eigenvalue weighted by molar-refractivity contribution is 5.92. The van der Waals surface area contributed by atoms with Crippen LogP contribution < -0.4 is 10.6 Å². The third-order valence-corrected chi connectivity index (χ3v) is 6.15. The standard InChI is InChI=1S/C29H47N3O4/c1-10-20-14-16-21(17-15-20)24(25(33)31-28(4,5)6)32(22-12-11-13-22)26(34)23(18-19(2)3)30-27(35)36-29(7,8)9/h14-17,19,22-24H,10-13,18H2,1-9H3,(H,30,35)(H,31,33). The zero-order chi connectivity index (χ0) is 27.3. The molecule has 1 saturated carbocycles. The molecule has 1 aliphatic rings. The summed E-state index contributed by atoms with van der Waals surface area (Å²) in [6, 6.07) is 6.28. The third kappa shape index (κ3) is 8.82. The molecule has 0 radical (unpaired) electrons. The van der Waals surface area contributed by atoms with Gasteiger partial charge in [0.25, 0.3) is 0 Å². The molecular weight excluding hydrogens is 454 g/mol. The van der Waals surface area contributed by atoms with Crippen LogP contribution in [-0.4, -0.2) is 46.0 Å². The number of nitrogens with zero attached hydrogens (tertiary/aromatic N) is 1. The maximum atomic E-state index is 14.2. The smallest absolute Gasteiger partial charge is 0.408 e. The molecule has 0 saturated heterocycles. The van der Waals surface area contributed by atoms with Gasteiger partial charge in [0, 0.05) is 11.6 Å². The largest absolute Gasteiger partial charge is 0.444 e. The van der Waals surface area contributed by atoms with Gasteiger partial charge < -0.3 is 20.3 Å². The van der Waals surface area contributed by atoms with Crippen LogP contribution in [0.2, 0.25) is 0 Å². The van der Waals surface area contributed by atoms with Crippen LogP contribution in [0.4, 0.5) is 4.79 Å². The fraction of sp³-hybridized carbons (Fsp3) is 0.690. The lowest BCUT2D eigenvalue weighted by Gasteiger charge is -2.44. The van der Waals surface area contributed by atoms with Gasteiger partial charge in [-0.05, 0) is 90.7 Å². The van der Waals surface area contributed by atoms with Gasteiger partial charge in [-0.1, -0.05) is 45.0 Å². The van der Waals surface area contributed by atoms with Gasteiger partial charge in [-0.15, -0.1) is 0 Å². The van der Waals surface area contributed by atoms with Crippen molar-refractivity contribution < 1.29 is 19.1 Å². The number of alkyl carbamates (subject to hydrolysis) is 1. The van der Waals surface area contributed by atoms with E-state index in [9.17, 15) is 14.4 Å². The topological polar surface area (TPSA) is 87.7 Å². The van der Waals surface area contributed by atoms with E-state index >= 15 is 0 Å². The van der Waals surface area contributed by atoms with E-state index < -0.39 is 29.3 Å². The van der Waals surface area contributed by atoms with Crippen LogP contribution in [0.15, 0.2) is 24.3 Å². The van der Waals surface area contributed by atoms with E-state index in [-0.39, 0.29) is 23.8 Å². The first-order valence-corrected chi connectivity index (χ1v) is 13.3. The van der Waals surface area contributed by atoms with Crippen LogP contribution >= 0.6 is 0 Å². The maximum absolute atomic E-state index is 14.2. The molecule has 1 fully saturated rings. The second kappa shape index (κ2) is 12.1. The Balaban J connectivity index is 2.50. The van der Waals surface area contributed by atoms with Crippen molar-refractivity contribution in [2.75, 3.05) is 0 Å². The molecular formula is C29H47N3O4. The zero-order valence-electron chi connectivity index (χ0n) is 23.7. The van der Waals surface area contributed by atoms with Crippen molar-refractivity contribution in [1.29, 1.82) is 0 Å². The minimum absolute atomic E-state index is 0.0610. The third-order valence-electron chi connectivity index (χ3n) is 6.15. The Morgan fingerprint density at radius 2 is 1.61 bits per heavy atom.